The van der Waals surface area contributed by atoms with Crippen molar-refractivity contribution in [2.45, 2.75) is 13.5 Å². The summed E-state index contributed by atoms with van der Waals surface area (Å²) in [6.07, 6.45) is 1.84. The Kier molecular flexibility index (Phi) is 7.15. The van der Waals surface area contributed by atoms with Crippen LogP contribution in [-0.4, -0.2) is 16.8 Å². The van der Waals surface area contributed by atoms with Crippen LogP contribution in [0.1, 0.15) is 18.1 Å². The number of rotatable bonds is 7. The first-order chi connectivity index (χ1) is 15.5. The van der Waals surface area contributed by atoms with Crippen LogP contribution < -0.4 is 14.4 Å². The van der Waals surface area contributed by atoms with E-state index in [1.54, 1.807) is 4.90 Å². The molecule has 1 aliphatic rings. The fraction of sp³-hybridized carbons (Fsp3) is 0.120. The lowest BCUT2D eigenvalue weighted by atomic mass is 10.2. The van der Waals surface area contributed by atoms with Crippen LogP contribution in [0.5, 0.6) is 11.5 Å². The number of thioether (sulfide) groups is 1. The lowest BCUT2D eigenvalue weighted by molar-refractivity contribution is -0.113. The highest BCUT2D eigenvalue weighted by Crippen LogP contribution is 2.36. The Hall–Kier alpha value is -2.80. The molecule has 3 aromatic rings. The summed E-state index contributed by atoms with van der Waals surface area (Å²) >= 11 is 12.7. The highest BCUT2D eigenvalue weighted by atomic mass is 35.5. The molecule has 1 amide bonds. The zero-order valence-electron chi connectivity index (χ0n) is 17.3. The molecule has 0 radical (unpaired) electrons. The van der Waals surface area contributed by atoms with Crippen molar-refractivity contribution in [3.05, 3.63) is 93.9 Å². The smallest absolute Gasteiger partial charge is 0.270 e. The highest BCUT2D eigenvalue weighted by molar-refractivity contribution is 8.27. The standard InChI is InChI=1S/C25H20ClNO3S2/c1-2-29-21-12-10-20(11-13-21)27-24(28)23(32-25(27)31)15-18-4-3-5-22(14-18)30-16-17-6-8-19(26)9-7-17/h3-15H,2,16H2,1H3/b23-15+. The van der Waals surface area contributed by atoms with Gasteiger partial charge in [0.15, 0.2) is 4.32 Å². The number of halogens is 1. The molecular weight excluding hydrogens is 462 g/mol. The summed E-state index contributed by atoms with van der Waals surface area (Å²) in [6, 6.07) is 22.5. The van der Waals surface area contributed by atoms with Crippen LogP contribution in [0, 0.1) is 0 Å². The summed E-state index contributed by atoms with van der Waals surface area (Å²) in [5, 5.41) is 0.693. The van der Waals surface area contributed by atoms with E-state index < -0.39 is 0 Å². The topological polar surface area (TPSA) is 38.8 Å². The number of carbonyl (C=O) groups is 1. The van der Waals surface area contributed by atoms with Gasteiger partial charge in [0.25, 0.3) is 5.91 Å². The van der Waals surface area contributed by atoms with Crippen LogP contribution in [0.15, 0.2) is 77.7 Å². The van der Waals surface area contributed by atoms with Crippen molar-refractivity contribution in [3.8, 4) is 11.5 Å². The Morgan fingerprint density at radius 1 is 1.00 bits per heavy atom. The van der Waals surface area contributed by atoms with Gasteiger partial charge in [0, 0.05) is 5.02 Å². The Morgan fingerprint density at radius 3 is 2.47 bits per heavy atom. The van der Waals surface area contributed by atoms with Gasteiger partial charge >= 0.3 is 0 Å². The largest absolute Gasteiger partial charge is 0.494 e. The van der Waals surface area contributed by atoms with Crippen molar-refractivity contribution in [3.63, 3.8) is 0 Å². The van der Waals surface area contributed by atoms with E-state index in [9.17, 15) is 4.79 Å². The van der Waals surface area contributed by atoms with Gasteiger partial charge in [-0.25, -0.2) is 0 Å². The summed E-state index contributed by atoms with van der Waals surface area (Å²) in [5.41, 5.74) is 2.61. The Bertz CT molecular complexity index is 1160. The molecule has 1 fully saturated rings. The van der Waals surface area contributed by atoms with Crippen LogP contribution >= 0.6 is 35.6 Å². The third-order valence-electron chi connectivity index (χ3n) is 4.67. The number of benzene rings is 3. The minimum Gasteiger partial charge on any atom is -0.494 e. The van der Waals surface area contributed by atoms with Crippen LogP contribution in [0.25, 0.3) is 6.08 Å². The molecule has 4 nitrogen and oxygen atoms in total. The number of thiocarbonyl (C=S) groups is 1. The summed E-state index contributed by atoms with van der Waals surface area (Å²) < 4.78 is 11.9. The second kappa shape index (κ2) is 10.2. The number of carbonyl (C=O) groups excluding carboxylic acids is 1. The molecule has 0 spiro atoms. The number of anilines is 1. The summed E-state index contributed by atoms with van der Waals surface area (Å²) in [7, 11) is 0. The lowest BCUT2D eigenvalue weighted by Gasteiger charge is -2.15. The normalized spacial score (nSPS) is 14.8. The molecule has 3 aromatic carbocycles. The van der Waals surface area contributed by atoms with Crippen LogP contribution in [0.4, 0.5) is 5.69 Å². The number of ether oxygens (including phenoxy) is 2. The van der Waals surface area contributed by atoms with Crippen molar-refractivity contribution in [1.82, 2.24) is 0 Å². The van der Waals surface area contributed by atoms with Gasteiger partial charge < -0.3 is 9.47 Å². The average Bonchev–Trinajstić information content (AvgIpc) is 3.07. The van der Waals surface area contributed by atoms with Gasteiger partial charge in [-0.15, -0.1) is 0 Å². The highest BCUT2D eigenvalue weighted by Gasteiger charge is 2.33. The average molecular weight is 482 g/mol. The zero-order chi connectivity index (χ0) is 22.5. The predicted octanol–water partition coefficient (Wildman–Crippen LogP) is 6.72. The van der Waals surface area contributed by atoms with Gasteiger partial charge in [0.05, 0.1) is 17.2 Å². The fourth-order valence-electron chi connectivity index (χ4n) is 3.14. The van der Waals surface area contributed by atoms with Crippen molar-refractivity contribution < 1.29 is 14.3 Å². The number of hydrogen-bond donors (Lipinski definition) is 0. The van der Waals surface area contributed by atoms with Crippen LogP contribution in [-0.2, 0) is 11.4 Å². The quantitative estimate of drug-likeness (QED) is 0.276. The van der Waals surface area contributed by atoms with E-state index in [0.717, 1.165) is 28.3 Å². The molecule has 0 unspecified atom stereocenters. The van der Waals surface area contributed by atoms with E-state index in [2.05, 4.69) is 0 Å². The lowest BCUT2D eigenvalue weighted by Crippen LogP contribution is -2.27. The summed E-state index contributed by atoms with van der Waals surface area (Å²) in [6.45, 7) is 2.95. The number of hydrogen-bond acceptors (Lipinski definition) is 5. The van der Waals surface area contributed by atoms with E-state index in [1.165, 1.54) is 11.8 Å². The third-order valence-corrected chi connectivity index (χ3v) is 6.23. The molecular formula is C25H20ClNO3S2. The number of nitrogens with zero attached hydrogens (tertiary/aromatic N) is 1. The molecule has 0 aliphatic carbocycles. The van der Waals surface area contributed by atoms with Crippen molar-refractivity contribution >= 4 is 57.6 Å². The predicted molar refractivity (Wildman–Crippen MR) is 135 cm³/mol. The molecule has 1 aliphatic heterocycles. The molecule has 1 heterocycles. The van der Waals surface area contributed by atoms with Gasteiger partial charge in [-0.2, -0.15) is 0 Å². The van der Waals surface area contributed by atoms with E-state index >= 15 is 0 Å². The second-order valence-corrected chi connectivity index (χ2v) is 9.04. The van der Waals surface area contributed by atoms with Crippen LogP contribution in [0.2, 0.25) is 5.02 Å². The van der Waals surface area contributed by atoms with Gasteiger partial charge in [-0.1, -0.05) is 59.8 Å². The van der Waals surface area contributed by atoms with E-state index in [-0.39, 0.29) is 5.91 Å². The molecule has 0 saturated carbocycles. The summed E-state index contributed by atoms with van der Waals surface area (Å²) in [5.74, 6) is 1.33. The van der Waals surface area contributed by atoms with Crippen LogP contribution in [0.3, 0.4) is 0 Å². The molecule has 0 atom stereocenters. The Morgan fingerprint density at radius 2 is 1.75 bits per heavy atom. The van der Waals surface area contributed by atoms with Crippen molar-refractivity contribution in [1.29, 1.82) is 0 Å². The van der Waals surface area contributed by atoms with E-state index in [0.29, 0.717) is 27.5 Å². The molecule has 7 heteroatoms. The molecule has 4 rings (SSSR count). The SMILES string of the molecule is CCOc1ccc(N2C(=O)/C(=C\c3cccc(OCc4ccc(Cl)cc4)c3)SC2=S)cc1. The molecule has 1 saturated heterocycles. The maximum atomic E-state index is 13.0. The monoisotopic (exact) mass is 481 g/mol. The van der Waals surface area contributed by atoms with Gasteiger partial charge in [-0.05, 0) is 72.7 Å². The number of amides is 1. The van der Waals surface area contributed by atoms with Gasteiger partial charge in [-0.3, -0.25) is 9.69 Å². The van der Waals surface area contributed by atoms with Crippen molar-refractivity contribution in [2.75, 3.05) is 11.5 Å². The summed E-state index contributed by atoms with van der Waals surface area (Å²) in [4.78, 5) is 15.1. The zero-order valence-corrected chi connectivity index (χ0v) is 19.7. The first-order valence-electron chi connectivity index (χ1n) is 10.0. The van der Waals surface area contributed by atoms with Gasteiger partial charge in [0.1, 0.15) is 18.1 Å². The molecule has 0 N–H and O–H groups in total. The maximum Gasteiger partial charge on any atom is 0.270 e. The first-order valence-corrected chi connectivity index (χ1v) is 11.6. The third kappa shape index (κ3) is 5.33. The minimum absolute atomic E-state index is 0.142. The van der Waals surface area contributed by atoms with E-state index in [4.69, 9.17) is 33.3 Å². The molecule has 0 aromatic heterocycles. The Labute approximate surface area is 201 Å². The Balaban J connectivity index is 1.47. The molecule has 32 heavy (non-hydrogen) atoms. The van der Waals surface area contributed by atoms with E-state index in [1.807, 2.05) is 85.8 Å². The molecule has 162 valence electrons. The molecule has 0 bridgehead atoms. The first kappa shape index (κ1) is 22.4. The van der Waals surface area contributed by atoms with Crippen molar-refractivity contribution in [2.24, 2.45) is 0 Å². The maximum absolute atomic E-state index is 13.0. The second-order valence-electron chi connectivity index (χ2n) is 6.93. The fourth-order valence-corrected chi connectivity index (χ4v) is 4.57. The van der Waals surface area contributed by atoms with Gasteiger partial charge in [0.2, 0.25) is 0 Å². The minimum atomic E-state index is -0.142.